The highest BCUT2D eigenvalue weighted by molar-refractivity contribution is 7.79. The largest absolute Gasteiger partial charge is 0.497 e. The zero-order valence-corrected chi connectivity index (χ0v) is 24.4. The van der Waals surface area contributed by atoms with Gasteiger partial charge in [-0.1, -0.05) is 24.3 Å². The topological polar surface area (TPSA) is 206 Å². The molecule has 15 heteroatoms. The molecule has 2 saturated heterocycles. The van der Waals surface area contributed by atoms with Gasteiger partial charge >= 0.3 is 10.4 Å². The summed E-state index contributed by atoms with van der Waals surface area (Å²) in [7, 11) is -1.31. The number of ether oxygens (including phenoxy) is 2. The molecule has 0 aliphatic carbocycles. The number of nitrogens with one attached hydrogen (secondary N) is 2. The van der Waals surface area contributed by atoms with E-state index in [0.717, 1.165) is 76.9 Å². The minimum absolute atomic E-state index is 0.180. The van der Waals surface area contributed by atoms with Crippen LogP contribution in [0.3, 0.4) is 0 Å². The lowest BCUT2D eigenvalue weighted by molar-refractivity contribution is 0.174. The molecule has 2 aliphatic rings. The molecule has 0 unspecified atom stereocenters. The number of guanidine groups is 2. The van der Waals surface area contributed by atoms with Crippen LogP contribution in [0.25, 0.3) is 0 Å². The smallest absolute Gasteiger partial charge is 0.394 e. The Hall–Kier alpha value is -3.63. The third-order valence-electron chi connectivity index (χ3n) is 6.56. The van der Waals surface area contributed by atoms with E-state index < -0.39 is 10.4 Å². The van der Waals surface area contributed by atoms with Crippen LogP contribution in [-0.4, -0.2) is 116 Å². The molecule has 2 heterocycles. The van der Waals surface area contributed by atoms with Gasteiger partial charge in [-0.15, -0.1) is 0 Å². The highest BCUT2D eigenvalue weighted by Crippen LogP contribution is 2.15. The van der Waals surface area contributed by atoms with Crippen molar-refractivity contribution in [1.29, 1.82) is 10.8 Å². The van der Waals surface area contributed by atoms with Crippen molar-refractivity contribution >= 4 is 22.3 Å². The molecule has 2 aromatic carbocycles. The zero-order valence-electron chi connectivity index (χ0n) is 23.6. The summed E-state index contributed by atoms with van der Waals surface area (Å²) < 4.78 is 41.9. The van der Waals surface area contributed by atoms with E-state index in [1.54, 1.807) is 14.2 Å². The Morgan fingerprint density at radius 3 is 1.17 bits per heavy atom. The normalized spacial score (nSPS) is 16.0. The summed E-state index contributed by atoms with van der Waals surface area (Å²) >= 11 is 0. The van der Waals surface area contributed by atoms with Gasteiger partial charge in [-0.2, -0.15) is 8.42 Å². The Kier molecular flexibility index (Phi) is 13.6. The minimum atomic E-state index is -4.67. The lowest BCUT2D eigenvalue weighted by atomic mass is 10.2. The van der Waals surface area contributed by atoms with E-state index in [-0.39, 0.29) is 11.9 Å². The summed E-state index contributed by atoms with van der Waals surface area (Å²) in [5.41, 5.74) is 13.5. The van der Waals surface area contributed by atoms with Gasteiger partial charge in [0.2, 0.25) is 0 Å². The molecule has 0 radical (unpaired) electrons. The van der Waals surface area contributed by atoms with Crippen LogP contribution in [0, 0.1) is 10.8 Å². The number of hydrogen-bond acceptors (Lipinski definition) is 8. The summed E-state index contributed by atoms with van der Waals surface area (Å²) in [5, 5.41) is 14.8. The standard InChI is InChI=1S/2C13H20N4O.H2O4S/c2*1-18-12-4-2-11(3-5-12)10-16-6-8-17(9-7-16)13(14)15;1-5(2,3)4/h2*2-5H,6-10H2,1H3,(H3,14,15);(H2,1,2,3,4). The van der Waals surface area contributed by atoms with Crippen LogP contribution in [0.5, 0.6) is 11.5 Å². The SMILES string of the molecule is COc1ccc(CN2CCN(C(=N)N)CC2)cc1.COc1ccc(CN2CCN(C(=N)N)CC2)cc1.O=S(=O)(O)O. The van der Waals surface area contributed by atoms with E-state index in [1.165, 1.54) is 11.1 Å². The van der Waals surface area contributed by atoms with Gasteiger partial charge in [-0.3, -0.25) is 29.7 Å². The maximum Gasteiger partial charge on any atom is 0.394 e. The zero-order chi connectivity index (χ0) is 30.4. The molecule has 2 aliphatic heterocycles. The monoisotopic (exact) mass is 594 g/mol. The minimum Gasteiger partial charge on any atom is -0.497 e. The average Bonchev–Trinajstić information content (AvgIpc) is 2.94. The Balaban J connectivity index is 0.000000247. The van der Waals surface area contributed by atoms with Gasteiger partial charge in [0.1, 0.15) is 11.5 Å². The maximum atomic E-state index is 8.74. The molecule has 0 amide bonds. The molecule has 2 aromatic rings. The Labute approximate surface area is 242 Å². The molecule has 0 bridgehead atoms. The van der Waals surface area contributed by atoms with Crippen molar-refractivity contribution in [3.05, 3.63) is 59.7 Å². The summed E-state index contributed by atoms with van der Waals surface area (Å²) in [6.07, 6.45) is 0. The summed E-state index contributed by atoms with van der Waals surface area (Å²) in [5.74, 6) is 2.14. The van der Waals surface area contributed by atoms with Gasteiger partial charge in [0.25, 0.3) is 0 Å². The number of nitrogens with zero attached hydrogens (tertiary/aromatic N) is 4. The highest BCUT2D eigenvalue weighted by Gasteiger charge is 2.18. The number of hydrogen-bond donors (Lipinski definition) is 6. The predicted octanol–water partition coefficient (Wildman–Crippen LogP) is 0.760. The molecule has 8 N–H and O–H groups in total. The van der Waals surface area contributed by atoms with Crippen molar-refractivity contribution in [3.8, 4) is 11.5 Å². The molecule has 4 rings (SSSR count). The molecule has 0 spiro atoms. The van der Waals surface area contributed by atoms with E-state index in [4.69, 9.17) is 49.3 Å². The summed E-state index contributed by atoms with van der Waals surface area (Å²) in [4.78, 5) is 8.57. The molecule has 14 nitrogen and oxygen atoms in total. The quantitative estimate of drug-likeness (QED) is 0.156. The first kappa shape index (κ1) is 33.6. The van der Waals surface area contributed by atoms with Crippen LogP contribution in [0.4, 0.5) is 0 Å². The van der Waals surface area contributed by atoms with Gasteiger partial charge in [0.15, 0.2) is 11.9 Å². The fourth-order valence-corrected chi connectivity index (χ4v) is 4.27. The third-order valence-corrected chi connectivity index (χ3v) is 6.56. The second-order valence-corrected chi connectivity index (χ2v) is 10.3. The van der Waals surface area contributed by atoms with Crippen molar-refractivity contribution in [2.24, 2.45) is 11.5 Å². The Morgan fingerprint density at radius 1 is 0.683 bits per heavy atom. The first-order chi connectivity index (χ1) is 19.4. The van der Waals surface area contributed by atoms with Crippen LogP contribution < -0.4 is 20.9 Å². The number of benzene rings is 2. The van der Waals surface area contributed by atoms with Gasteiger partial charge in [-0.25, -0.2) is 0 Å². The molecule has 41 heavy (non-hydrogen) atoms. The third kappa shape index (κ3) is 13.5. The first-order valence-electron chi connectivity index (χ1n) is 13.0. The fourth-order valence-electron chi connectivity index (χ4n) is 4.27. The highest BCUT2D eigenvalue weighted by atomic mass is 32.3. The second kappa shape index (κ2) is 16.6. The number of piperazine rings is 2. The van der Waals surface area contributed by atoms with Crippen LogP contribution in [0.2, 0.25) is 0 Å². The van der Waals surface area contributed by atoms with Crippen LogP contribution >= 0.6 is 0 Å². The molecule has 0 saturated carbocycles. The van der Waals surface area contributed by atoms with E-state index in [2.05, 4.69) is 34.1 Å². The molecule has 0 atom stereocenters. The number of nitrogens with two attached hydrogens (primary N) is 2. The van der Waals surface area contributed by atoms with Crippen molar-refractivity contribution in [2.45, 2.75) is 13.1 Å². The lowest BCUT2D eigenvalue weighted by Gasteiger charge is -2.34. The van der Waals surface area contributed by atoms with Crippen LogP contribution in [-0.2, 0) is 23.5 Å². The van der Waals surface area contributed by atoms with Gasteiger partial charge in [0.05, 0.1) is 14.2 Å². The van der Waals surface area contributed by atoms with Gasteiger partial charge in [0, 0.05) is 65.4 Å². The van der Waals surface area contributed by atoms with E-state index in [9.17, 15) is 0 Å². The summed E-state index contributed by atoms with van der Waals surface area (Å²) in [6, 6.07) is 16.3. The predicted molar refractivity (Wildman–Crippen MR) is 158 cm³/mol. The summed E-state index contributed by atoms with van der Waals surface area (Å²) in [6.45, 7) is 9.04. The molecule has 0 aromatic heterocycles. The van der Waals surface area contributed by atoms with Crippen LogP contribution in [0.1, 0.15) is 11.1 Å². The molecular weight excluding hydrogens is 552 g/mol. The van der Waals surface area contributed by atoms with Gasteiger partial charge < -0.3 is 30.7 Å². The maximum absolute atomic E-state index is 8.74. The Morgan fingerprint density at radius 2 is 0.951 bits per heavy atom. The fraction of sp³-hybridized carbons (Fsp3) is 0.462. The Bertz CT molecular complexity index is 1090. The first-order valence-corrected chi connectivity index (χ1v) is 14.4. The lowest BCUT2D eigenvalue weighted by Crippen LogP contribution is -2.50. The molecule has 228 valence electrons. The van der Waals surface area contributed by atoms with Crippen molar-refractivity contribution < 1.29 is 27.0 Å². The molecule has 2 fully saturated rings. The number of rotatable bonds is 6. The van der Waals surface area contributed by atoms with Gasteiger partial charge in [-0.05, 0) is 35.4 Å². The second-order valence-electron chi connectivity index (χ2n) is 9.44. The average molecular weight is 595 g/mol. The van der Waals surface area contributed by atoms with Crippen molar-refractivity contribution in [1.82, 2.24) is 19.6 Å². The van der Waals surface area contributed by atoms with Crippen LogP contribution in [0.15, 0.2) is 48.5 Å². The van der Waals surface area contributed by atoms with Crippen molar-refractivity contribution in [3.63, 3.8) is 0 Å². The van der Waals surface area contributed by atoms with E-state index in [1.807, 2.05) is 34.1 Å². The number of methoxy groups -OCH3 is 2. The van der Waals surface area contributed by atoms with Crippen molar-refractivity contribution in [2.75, 3.05) is 66.6 Å². The van der Waals surface area contributed by atoms with E-state index >= 15 is 0 Å². The van der Waals surface area contributed by atoms with E-state index in [0.29, 0.717) is 0 Å². The molecular formula is C26H42N8O6S.